The molecule has 9 heteroatoms. The maximum absolute atomic E-state index is 13.0. The minimum atomic E-state index is -0.388. The number of hydrogen-bond donors (Lipinski definition) is 1. The van der Waals surface area contributed by atoms with Crippen LogP contribution in [0.25, 0.3) is 11.4 Å². The maximum atomic E-state index is 13.0. The Bertz CT molecular complexity index is 1080. The van der Waals surface area contributed by atoms with Crippen LogP contribution in [-0.2, 0) is 11.2 Å². The van der Waals surface area contributed by atoms with Crippen molar-refractivity contribution in [1.82, 2.24) is 20.4 Å². The van der Waals surface area contributed by atoms with Gasteiger partial charge in [0.15, 0.2) is 0 Å². The normalized spacial score (nSPS) is 14.4. The zero-order valence-corrected chi connectivity index (χ0v) is 17.3. The second kappa shape index (κ2) is 9.67. The molecule has 2 aromatic carbocycles. The fourth-order valence-electron chi connectivity index (χ4n) is 3.59. The molecule has 0 aliphatic carbocycles. The molecule has 1 N–H and O–H groups in total. The van der Waals surface area contributed by atoms with Crippen LogP contribution < -0.4 is 5.32 Å². The van der Waals surface area contributed by atoms with Crippen molar-refractivity contribution >= 4 is 11.8 Å². The van der Waals surface area contributed by atoms with Gasteiger partial charge in [-0.1, -0.05) is 5.16 Å². The molecule has 0 atom stereocenters. The van der Waals surface area contributed by atoms with Crippen LogP contribution in [0.5, 0.6) is 0 Å². The van der Waals surface area contributed by atoms with E-state index in [2.05, 4.69) is 15.5 Å². The Labute approximate surface area is 183 Å². The Morgan fingerprint density at radius 3 is 2.28 bits per heavy atom. The first kappa shape index (κ1) is 21.6. The van der Waals surface area contributed by atoms with E-state index in [1.54, 1.807) is 17.0 Å². The summed E-state index contributed by atoms with van der Waals surface area (Å²) in [6, 6.07) is 11.1. The van der Waals surface area contributed by atoms with Gasteiger partial charge in [0.25, 0.3) is 5.91 Å². The number of nitrogens with zero attached hydrogens (tertiary/aromatic N) is 3. The maximum Gasteiger partial charge on any atom is 0.251 e. The highest BCUT2D eigenvalue weighted by atomic mass is 19.1. The summed E-state index contributed by atoms with van der Waals surface area (Å²) in [6.07, 6.45) is 1.84. The minimum Gasteiger partial charge on any atom is -0.349 e. The van der Waals surface area contributed by atoms with Gasteiger partial charge in [-0.2, -0.15) is 4.98 Å². The lowest BCUT2D eigenvalue weighted by molar-refractivity contribution is -0.132. The molecule has 1 aliphatic heterocycles. The third-order valence-electron chi connectivity index (χ3n) is 5.41. The van der Waals surface area contributed by atoms with Crippen molar-refractivity contribution in [1.29, 1.82) is 0 Å². The Morgan fingerprint density at radius 1 is 1.00 bits per heavy atom. The molecule has 1 aromatic heterocycles. The van der Waals surface area contributed by atoms with Crippen molar-refractivity contribution in [3.63, 3.8) is 0 Å². The number of carbonyl (C=O) groups excluding carboxylic acids is 2. The third kappa shape index (κ3) is 5.35. The predicted octanol–water partition coefficient (Wildman–Crippen LogP) is 3.37. The van der Waals surface area contributed by atoms with Gasteiger partial charge in [-0.25, -0.2) is 8.78 Å². The number of rotatable bonds is 6. The number of likely N-dealkylation sites (tertiary alicyclic amines) is 1. The van der Waals surface area contributed by atoms with Crippen LogP contribution in [0.15, 0.2) is 53.1 Å². The molecule has 166 valence electrons. The van der Waals surface area contributed by atoms with E-state index >= 15 is 0 Å². The molecule has 4 rings (SSSR count). The molecule has 0 spiro atoms. The average molecular weight is 440 g/mol. The van der Waals surface area contributed by atoms with Crippen LogP contribution >= 0.6 is 0 Å². The van der Waals surface area contributed by atoms with Gasteiger partial charge in [0.2, 0.25) is 17.6 Å². The zero-order chi connectivity index (χ0) is 22.5. The highest BCUT2D eigenvalue weighted by Crippen LogP contribution is 2.18. The van der Waals surface area contributed by atoms with Crippen molar-refractivity contribution in [2.24, 2.45) is 0 Å². The first-order valence-corrected chi connectivity index (χ1v) is 10.4. The van der Waals surface area contributed by atoms with E-state index in [0.717, 1.165) is 0 Å². The van der Waals surface area contributed by atoms with Crippen molar-refractivity contribution < 1.29 is 22.9 Å². The molecule has 3 aromatic rings. The molecule has 0 radical (unpaired) electrons. The number of piperidine rings is 1. The molecule has 32 heavy (non-hydrogen) atoms. The molecular weight excluding hydrogens is 418 g/mol. The first-order chi connectivity index (χ1) is 15.5. The third-order valence-corrected chi connectivity index (χ3v) is 5.41. The van der Waals surface area contributed by atoms with E-state index in [1.165, 1.54) is 36.4 Å². The molecule has 1 saturated heterocycles. The quantitative estimate of drug-likeness (QED) is 0.635. The topological polar surface area (TPSA) is 88.3 Å². The second-order valence-corrected chi connectivity index (χ2v) is 7.65. The number of amides is 2. The number of benzene rings is 2. The molecule has 0 unspecified atom stereocenters. The highest BCUT2D eigenvalue weighted by molar-refractivity contribution is 5.94. The van der Waals surface area contributed by atoms with E-state index in [0.29, 0.717) is 55.2 Å². The predicted molar refractivity (Wildman–Crippen MR) is 111 cm³/mol. The lowest BCUT2D eigenvalue weighted by atomic mass is 10.0. The monoisotopic (exact) mass is 440 g/mol. The summed E-state index contributed by atoms with van der Waals surface area (Å²) < 4.78 is 31.2. The van der Waals surface area contributed by atoms with E-state index in [9.17, 15) is 18.4 Å². The highest BCUT2D eigenvalue weighted by Gasteiger charge is 2.24. The Balaban J connectivity index is 1.22. The van der Waals surface area contributed by atoms with Crippen LogP contribution in [0.1, 0.15) is 35.5 Å². The largest absolute Gasteiger partial charge is 0.349 e. The number of nitrogens with one attached hydrogen (secondary N) is 1. The molecule has 1 fully saturated rings. The molecule has 7 nitrogen and oxygen atoms in total. The average Bonchev–Trinajstić information content (AvgIpc) is 3.28. The minimum absolute atomic E-state index is 0.0187. The number of halogens is 2. The van der Waals surface area contributed by atoms with Gasteiger partial charge in [0, 0.05) is 43.1 Å². The van der Waals surface area contributed by atoms with Crippen LogP contribution in [0.3, 0.4) is 0 Å². The summed E-state index contributed by atoms with van der Waals surface area (Å²) >= 11 is 0. The fraction of sp³-hybridized carbons (Fsp3) is 0.304. The van der Waals surface area contributed by atoms with E-state index < -0.39 is 0 Å². The second-order valence-electron chi connectivity index (χ2n) is 7.65. The van der Waals surface area contributed by atoms with Gasteiger partial charge in [-0.05, 0) is 61.4 Å². The molecule has 2 amide bonds. The first-order valence-electron chi connectivity index (χ1n) is 10.4. The van der Waals surface area contributed by atoms with Gasteiger partial charge in [0.05, 0.1) is 0 Å². The van der Waals surface area contributed by atoms with Crippen LogP contribution in [-0.4, -0.2) is 46.0 Å². The van der Waals surface area contributed by atoms with E-state index in [-0.39, 0.29) is 35.9 Å². The number of carbonyl (C=O) groups is 2. The summed E-state index contributed by atoms with van der Waals surface area (Å²) in [4.78, 5) is 30.8. The van der Waals surface area contributed by atoms with E-state index in [1.807, 2.05) is 0 Å². The summed E-state index contributed by atoms with van der Waals surface area (Å²) in [5, 5.41) is 6.82. The summed E-state index contributed by atoms with van der Waals surface area (Å²) in [6.45, 7) is 1.08. The molecule has 0 bridgehead atoms. The number of aryl methyl sites for hydroxylation is 1. The van der Waals surface area contributed by atoms with Crippen LogP contribution in [0.2, 0.25) is 0 Å². The summed E-state index contributed by atoms with van der Waals surface area (Å²) in [5.74, 6) is -0.301. The smallest absolute Gasteiger partial charge is 0.251 e. The van der Waals surface area contributed by atoms with Crippen molar-refractivity contribution in [3.05, 3.63) is 71.6 Å². The lowest BCUT2D eigenvalue weighted by Gasteiger charge is -2.32. The summed E-state index contributed by atoms with van der Waals surface area (Å²) in [5.41, 5.74) is 1.04. The number of hydrogen-bond acceptors (Lipinski definition) is 5. The van der Waals surface area contributed by atoms with Gasteiger partial charge < -0.3 is 14.7 Å². The molecular formula is C23H22F2N4O3. The van der Waals surface area contributed by atoms with Crippen molar-refractivity contribution in [3.8, 4) is 11.4 Å². The van der Waals surface area contributed by atoms with Crippen LogP contribution in [0, 0.1) is 11.6 Å². The SMILES string of the molecule is O=C(NC1CCN(C(=O)CCc2nc(-c3ccc(F)cc3)no2)CC1)c1ccc(F)cc1. The van der Waals surface area contributed by atoms with Crippen molar-refractivity contribution in [2.75, 3.05) is 13.1 Å². The Hall–Kier alpha value is -3.62. The molecule has 1 aliphatic rings. The van der Waals surface area contributed by atoms with Gasteiger partial charge >= 0.3 is 0 Å². The lowest BCUT2D eigenvalue weighted by Crippen LogP contribution is -2.46. The van der Waals surface area contributed by atoms with E-state index in [4.69, 9.17) is 4.52 Å². The fourth-order valence-corrected chi connectivity index (χ4v) is 3.59. The summed E-state index contributed by atoms with van der Waals surface area (Å²) in [7, 11) is 0. The van der Waals surface area contributed by atoms with Crippen molar-refractivity contribution in [2.45, 2.75) is 31.7 Å². The van der Waals surface area contributed by atoms with Gasteiger partial charge in [0.1, 0.15) is 11.6 Å². The Kier molecular flexibility index (Phi) is 6.53. The molecule has 0 saturated carbocycles. The molecule has 2 heterocycles. The zero-order valence-electron chi connectivity index (χ0n) is 17.3. The van der Waals surface area contributed by atoms with Crippen LogP contribution in [0.4, 0.5) is 8.78 Å². The standard InChI is InChI=1S/C23H22F2N4O3/c24-17-5-1-15(2-6-17)22-27-20(32-28-22)9-10-21(30)29-13-11-19(12-14-29)26-23(31)16-3-7-18(25)8-4-16/h1-8,19H,9-14H2,(H,26,31). The Morgan fingerprint density at radius 2 is 1.62 bits per heavy atom. The number of aromatic nitrogens is 2. The van der Waals surface area contributed by atoms with Gasteiger partial charge in [-0.15, -0.1) is 0 Å². The van der Waals surface area contributed by atoms with Gasteiger partial charge in [-0.3, -0.25) is 9.59 Å².